The zero-order valence-corrected chi connectivity index (χ0v) is 10.7. The molecular weight excluding hydrogens is 216 g/mol. The second kappa shape index (κ2) is 4.87. The third-order valence-corrected chi connectivity index (χ3v) is 3.42. The predicted octanol–water partition coefficient (Wildman–Crippen LogP) is 0.975. The quantitative estimate of drug-likeness (QED) is 0.804. The van der Waals surface area contributed by atoms with Gasteiger partial charge in [-0.1, -0.05) is 0 Å². The molecule has 0 unspecified atom stereocenters. The van der Waals surface area contributed by atoms with Crippen LogP contribution in [0.1, 0.15) is 24.2 Å². The van der Waals surface area contributed by atoms with E-state index in [2.05, 4.69) is 15.7 Å². The smallest absolute Gasteiger partial charge is 0.228 e. The number of aryl methyl sites for hydroxylation is 2. The summed E-state index contributed by atoms with van der Waals surface area (Å²) in [6, 6.07) is 0. The number of nitrogens with one attached hydrogen (secondary N) is 2. The van der Waals surface area contributed by atoms with Crippen LogP contribution < -0.4 is 10.6 Å². The van der Waals surface area contributed by atoms with Gasteiger partial charge in [0.15, 0.2) is 0 Å². The van der Waals surface area contributed by atoms with E-state index < -0.39 is 0 Å². The molecule has 1 aliphatic rings. The molecule has 1 atom stereocenters. The van der Waals surface area contributed by atoms with E-state index in [1.54, 1.807) is 4.68 Å². The van der Waals surface area contributed by atoms with Gasteiger partial charge in [-0.2, -0.15) is 5.10 Å². The Bertz CT molecular complexity index is 418. The van der Waals surface area contributed by atoms with E-state index in [-0.39, 0.29) is 11.8 Å². The third kappa shape index (κ3) is 2.49. The molecule has 2 N–H and O–H groups in total. The molecule has 0 aromatic carbocycles. The van der Waals surface area contributed by atoms with Crippen LogP contribution in [0.25, 0.3) is 0 Å². The van der Waals surface area contributed by atoms with Crippen LogP contribution in [0, 0.1) is 19.8 Å². The first kappa shape index (κ1) is 12.1. The van der Waals surface area contributed by atoms with Gasteiger partial charge in [0, 0.05) is 13.6 Å². The van der Waals surface area contributed by atoms with Crippen molar-refractivity contribution in [1.29, 1.82) is 0 Å². The third-order valence-electron chi connectivity index (χ3n) is 3.42. The van der Waals surface area contributed by atoms with Crippen molar-refractivity contribution in [2.75, 3.05) is 18.4 Å². The monoisotopic (exact) mass is 236 g/mol. The van der Waals surface area contributed by atoms with Gasteiger partial charge in [0.05, 0.1) is 23.0 Å². The predicted molar refractivity (Wildman–Crippen MR) is 66.9 cm³/mol. The van der Waals surface area contributed by atoms with Crippen LogP contribution >= 0.6 is 0 Å². The molecule has 0 saturated carbocycles. The SMILES string of the molecule is Cc1nn(C)c(C)c1NC(=O)[C@@H]1CCCNC1. The summed E-state index contributed by atoms with van der Waals surface area (Å²) in [6.45, 7) is 5.69. The Morgan fingerprint density at radius 2 is 2.29 bits per heavy atom. The summed E-state index contributed by atoms with van der Waals surface area (Å²) in [5.74, 6) is 0.194. The van der Waals surface area contributed by atoms with E-state index in [4.69, 9.17) is 0 Å². The van der Waals surface area contributed by atoms with Crippen molar-refractivity contribution in [2.24, 2.45) is 13.0 Å². The van der Waals surface area contributed by atoms with Crippen LogP contribution in [-0.2, 0) is 11.8 Å². The minimum absolute atomic E-state index is 0.0859. The van der Waals surface area contributed by atoms with E-state index in [9.17, 15) is 4.79 Å². The maximum Gasteiger partial charge on any atom is 0.228 e. The van der Waals surface area contributed by atoms with Crippen molar-refractivity contribution < 1.29 is 4.79 Å². The largest absolute Gasteiger partial charge is 0.323 e. The molecule has 0 spiro atoms. The van der Waals surface area contributed by atoms with Crippen LogP contribution in [-0.4, -0.2) is 28.8 Å². The van der Waals surface area contributed by atoms with Crippen LogP contribution in [0.4, 0.5) is 5.69 Å². The first-order valence-electron chi connectivity index (χ1n) is 6.11. The van der Waals surface area contributed by atoms with Crippen molar-refractivity contribution in [2.45, 2.75) is 26.7 Å². The first-order chi connectivity index (χ1) is 8.09. The number of carbonyl (C=O) groups excluding carboxylic acids is 1. The molecule has 94 valence electrons. The molecule has 5 heteroatoms. The summed E-state index contributed by atoms with van der Waals surface area (Å²) in [5, 5.41) is 10.6. The molecule has 1 aliphatic heterocycles. The number of piperidine rings is 1. The Hall–Kier alpha value is -1.36. The number of hydrogen-bond donors (Lipinski definition) is 2. The van der Waals surface area contributed by atoms with Crippen molar-refractivity contribution in [3.63, 3.8) is 0 Å². The lowest BCUT2D eigenvalue weighted by Gasteiger charge is -2.21. The molecular formula is C12H20N4O. The maximum atomic E-state index is 12.1. The second-order valence-corrected chi connectivity index (χ2v) is 4.70. The molecule has 17 heavy (non-hydrogen) atoms. The van der Waals surface area contributed by atoms with E-state index in [1.165, 1.54) is 0 Å². The maximum absolute atomic E-state index is 12.1. The van der Waals surface area contributed by atoms with Crippen LogP contribution in [0.2, 0.25) is 0 Å². The van der Waals surface area contributed by atoms with Crippen molar-refractivity contribution in [3.8, 4) is 0 Å². The Morgan fingerprint density at radius 1 is 1.53 bits per heavy atom. The molecule has 1 fully saturated rings. The lowest BCUT2D eigenvalue weighted by atomic mass is 9.99. The van der Waals surface area contributed by atoms with Gasteiger partial charge in [-0.15, -0.1) is 0 Å². The Balaban J connectivity index is 2.07. The highest BCUT2D eigenvalue weighted by molar-refractivity contribution is 5.93. The number of aromatic nitrogens is 2. The van der Waals surface area contributed by atoms with E-state index in [1.807, 2.05) is 20.9 Å². The van der Waals surface area contributed by atoms with Crippen molar-refractivity contribution in [3.05, 3.63) is 11.4 Å². The zero-order chi connectivity index (χ0) is 12.4. The topological polar surface area (TPSA) is 59.0 Å². The minimum Gasteiger partial charge on any atom is -0.323 e. The van der Waals surface area contributed by atoms with Gasteiger partial charge in [0.25, 0.3) is 0 Å². The van der Waals surface area contributed by atoms with Crippen LogP contribution in [0.15, 0.2) is 0 Å². The molecule has 5 nitrogen and oxygen atoms in total. The Labute approximate surface area is 102 Å². The number of rotatable bonds is 2. The van der Waals surface area contributed by atoms with E-state index >= 15 is 0 Å². The summed E-state index contributed by atoms with van der Waals surface area (Å²) < 4.78 is 1.80. The molecule has 2 heterocycles. The molecule has 0 aliphatic carbocycles. The fourth-order valence-electron chi connectivity index (χ4n) is 2.26. The highest BCUT2D eigenvalue weighted by Crippen LogP contribution is 2.20. The van der Waals surface area contributed by atoms with Crippen molar-refractivity contribution >= 4 is 11.6 Å². The zero-order valence-electron chi connectivity index (χ0n) is 10.7. The lowest BCUT2D eigenvalue weighted by molar-refractivity contribution is -0.120. The molecule has 2 rings (SSSR count). The number of amides is 1. The standard InChI is InChI=1S/C12H20N4O/c1-8-11(9(2)16(3)15-8)14-12(17)10-5-4-6-13-7-10/h10,13H,4-7H2,1-3H3,(H,14,17)/t10-/m1/s1. The minimum atomic E-state index is 0.0859. The average molecular weight is 236 g/mol. The highest BCUT2D eigenvalue weighted by Gasteiger charge is 2.22. The average Bonchev–Trinajstić information content (AvgIpc) is 2.57. The van der Waals surface area contributed by atoms with Crippen LogP contribution in [0.3, 0.4) is 0 Å². The summed E-state index contributed by atoms with van der Waals surface area (Å²) in [5.41, 5.74) is 2.74. The van der Waals surface area contributed by atoms with Gasteiger partial charge < -0.3 is 10.6 Å². The molecule has 1 saturated heterocycles. The van der Waals surface area contributed by atoms with Gasteiger partial charge >= 0.3 is 0 Å². The second-order valence-electron chi connectivity index (χ2n) is 4.70. The Morgan fingerprint density at radius 3 is 2.82 bits per heavy atom. The number of hydrogen-bond acceptors (Lipinski definition) is 3. The van der Waals surface area contributed by atoms with Gasteiger partial charge in [0.1, 0.15) is 0 Å². The molecule has 0 radical (unpaired) electrons. The van der Waals surface area contributed by atoms with E-state index in [0.717, 1.165) is 43.0 Å². The van der Waals surface area contributed by atoms with Crippen LogP contribution in [0.5, 0.6) is 0 Å². The first-order valence-corrected chi connectivity index (χ1v) is 6.11. The Kier molecular flexibility index (Phi) is 3.47. The number of nitrogens with zero attached hydrogens (tertiary/aromatic N) is 2. The molecule has 0 bridgehead atoms. The van der Waals surface area contributed by atoms with Gasteiger partial charge in [-0.25, -0.2) is 0 Å². The normalized spacial score (nSPS) is 20.3. The highest BCUT2D eigenvalue weighted by atomic mass is 16.1. The molecule has 1 amide bonds. The fourth-order valence-corrected chi connectivity index (χ4v) is 2.26. The summed E-state index contributed by atoms with van der Waals surface area (Å²) in [6.07, 6.45) is 2.04. The molecule has 1 aromatic rings. The van der Waals surface area contributed by atoms with E-state index in [0.29, 0.717) is 0 Å². The fraction of sp³-hybridized carbons (Fsp3) is 0.667. The van der Waals surface area contributed by atoms with Gasteiger partial charge in [0.2, 0.25) is 5.91 Å². The van der Waals surface area contributed by atoms with Gasteiger partial charge in [-0.05, 0) is 33.2 Å². The molecule has 1 aromatic heterocycles. The number of carbonyl (C=O) groups is 1. The van der Waals surface area contributed by atoms with Gasteiger partial charge in [-0.3, -0.25) is 9.48 Å². The summed E-state index contributed by atoms with van der Waals surface area (Å²) in [7, 11) is 1.89. The summed E-state index contributed by atoms with van der Waals surface area (Å²) in [4.78, 5) is 12.1. The summed E-state index contributed by atoms with van der Waals surface area (Å²) >= 11 is 0. The number of anilines is 1. The van der Waals surface area contributed by atoms with Crippen molar-refractivity contribution in [1.82, 2.24) is 15.1 Å². The lowest BCUT2D eigenvalue weighted by Crippen LogP contribution is -2.37.